The number of unbranched alkanes of at least 4 members (excludes halogenated alkanes) is 9. The van der Waals surface area contributed by atoms with Crippen LogP contribution in [0, 0.1) is 6.92 Å². The Kier molecular flexibility index (Phi) is 24.4. The molecular weight excluding hydrogens is 319 g/mol. The Bertz CT molecular complexity index is 307. The van der Waals surface area contributed by atoms with E-state index < -0.39 is 21.8 Å². The molecule has 0 aromatic heterocycles. The molecule has 0 heterocycles. The molecule has 122 valence electrons. The molecule has 0 rings (SSSR count). The second-order valence-electron chi connectivity index (χ2n) is 4.80. The fraction of sp³-hybridized carbons (Fsp3) is 0.857. The third kappa shape index (κ3) is 33.7. The van der Waals surface area contributed by atoms with Crippen LogP contribution in [0.15, 0.2) is 0 Å². The van der Waals surface area contributed by atoms with Crippen LogP contribution in [0.3, 0.4) is 0 Å². The van der Waals surface area contributed by atoms with Gasteiger partial charge in [-0.15, -0.1) is 0 Å². The van der Waals surface area contributed by atoms with Crippen molar-refractivity contribution in [2.75, 3.05) is 5.75 Å². The molecule has 0 radical (unpaired) electrons. The summed E-state index contributed by atoms with van der Waals surface area (Å²) >= 11 is 0. The summed E-state index contributed by atoms with van der Waals surface area (Å²) in [6.45, 7) is 6.12. The van der Waals surface area contributed by atoms with E-state index in [9.17, 15) is 13.2 Å². The molecule has 0 aromatic rings. The van der Waals surface area contributed by atoms with Crippen LogP contribution in [0.25, 0.3) is 0 Å². The molecule has 0 atom stereocenters. The third-order valence-electron chi connectivity index (χ3n) is 2.66. The molecule has 0 aliphatic carbocycles. The van der Waals surface area contributed by atoms with Crippen molar-refractivity contribution in [2.24, 2.45) is 0 Å². The summed E-state index contributed by atoms with van der Waals surface area (Å²) in [5.74, 6) is -2.79. The predicted molar refractivity (Wildman–Crippen MR) is 81.3 cm³/mol. The van der Waals surface area contributed by atoms with Gasteiger partial charge >= 0.3 is 57.4 Å². The Morgan fingerprint density at radius 1 is 0.952 bits per heavy atom. The summed E-state index contributed by atoms with van der Waals surface area (Å²) in [6.07, 6.45) is 13.9. The van der Waals surface area contributed by atoms with Crippen molar-refractivity contribution in [1.29, 1.82) is 0 Å². The minimum atomic E-state index is -4.32. The maximum atomic E-state index is 9.62. The van der Waals surface area contributed by atoms with Crippen molar-refractivity contribution in [3.05, 3.63) is 6.92 Å². The van der Waals surface area contributed by atoms with E-state index >= 15 is 0 Å². The second-order valence-corrected chi connectivity index (χ2v) is 6.25. The minimum absolute atomic E-state index is 0. The number of rotatable bonds is 11. The van der Waals surface area contributed by atoms with Crippen LogP contribution in [-0.4, -0.2) is 29.8 Å². The first-order valence-corrected chi connectivity index (χ1v) is 8.90. The van der Waals surface area contributed by atoms with Crippen LogP contribution in [0.4, 0.5) is 0 Å². The van der Waals surface area contributed by atoms with Crippen molar-refractivity contribution >= 4 is 16.1 Å². The Morgan fingerprint density at radius 3 is 1.57 bits per heavy atom. The van der Waals surface area contributed by atoms with Crippen LogP contribution in [0.1, 0.15) is 71.1 Å². The van der Waals surface area contributed by atoms with E-state index in [-0.39, 0.29) is 51.4 Å². The molecule has 5 nitrogen and oxygen atoms in total. The van der Waals surface area contributed by atoms with Crippen LogP contribution in [0.5, 0.6) is 0 Å². The largest absolute Gasteiger partial charge is 1.00 e. The van der Waals surface area contributed by atoms with Crippen molar-refractivity contribution in [1.82, 2.24) is 0 Å². The molecule has 0 fully saturated rings. The van der Waals surface area contributed by atoms with Gasteiger partial charge in [0.05, 0.1) is 0 Å². The van der Waals surface area contributed by atoms with Crippen LogP contribution < -0.4 is 51.4 Å². The maximum Gasteiger partial charge on any atom is 1.00 e. The van der Waals surface area contributed by atoms with E-state index in [2.05, 4.69) is 13.8 Å². The number of hydrogen-bond acceptors (Lipinski definition) is 3. The monoisotopic (exact) mass is 348 g/mol. The molecule has 2 N–H and O–H groups in total. The molecule has 0 amide bonds. The predicted octanol–water partition coefficient (Wildman–Crippen LogP) is 0.704. The van der Waals surface area contributed by atoms with Crippen LogP contribution in [0.2, 0.25) is 0 Å². The molecule has 0 spiro atoms. The van der Waals surface area contributed by atoms with E-state index in [1.165, 1.54) is 57.8 Å². The van der Waals surface area contributed by atoms with Gasteiger partial charge in [0.15, 0.2) is 5.75 Å². The second kappa shape index (κ2) is 19.1. The summed E-state index contributed by atoms with van der Waals surface area (Å²) in [7, 11) is -4.32. The first-order valence-electron chi connectivity index (χ1n) is 7.29. The van der Waals surface area contributed by atoms with Gasteiger partial charge in [0.25, 0.3) is 10.1 Å². The zero-order valence-corrected chi connectivity index (χ0v) is 17.5. The minimum Gasteiger partial charge on any atom is -0.480 e. The van der Waals surface area contributed by atoms with Gasteiger partial charge in [-0.25, -0.2) is 0 Å². The average Bonchev–Trinajstić information content (AvgIpc) is 2.30. The van der Waals surface area contributed by atoms with Gasteiger partial charge in [-0.2, -0.15) is 14.8 Å². The Balaban J connectivity index is -0.000000317. The smallest absolute Gasteiger partial charge is 0.480 e. The normalized spacial score (nSPS) is 10.2. The van der Waals surface area contributed by atoms with Crippen molar-refractivity contribution in [3.63, 3.8) is 0 Å². The molecule has 0 saturated carbocycles. The van der Waals surface area contributed by atoms with Gasteiger partial charge in [0.2, 0.25) is 0 Å². The molecule has 0 saturated heterocycles. The summed E-state index contributed by atoms with van der Waals surface area (Å²) < 4.78 is 27.0. The van der Waals surface area contributed by atoms with E-state index in [0.717, 1.165) is 6.42 Å². The van der Waals surface area contributed by atoms with Crippen molar-refractivity contribution < 1.29 is 74.3 Å². The standard InChI is InChI=1S/C12H25.C2H4O5S.K/c1-3-5-7-9-11-12-10-8-6-4-2;3-2(4)1-8(5,6)7;/h1,3-12H2,2H3;1H2,(H,3,4)(H,5,6,7);/q-1;;+1. The molecule has 0 aliphatic rings. The summed E-state index contributed by atoms with van der Waals surface area (Å²) in [5.41, 5.74) is 0. The zero-order valence-electron chi connectivity index (χ0n) is 13.5. The fourth-order valence-electron chi connectivity index (χ4n) is 1.64. The SMILES string of the molecule is O=C(O)CS(=O)(=O)O.[CH2-]CCCCCCCCCCC.[K+]. The number of carboxylic acids is 1. The quantitative estimate of drug-likeness (QED) is 0.248. The fourth-order valence-corrected chi connectivity index (χ4v) is 1.96. The number of hydrogen-bond donors (Lipinski definition) is 2. The molecule has 7 heteroatoms. The topological polar surface area (TPSA) is 91.7 Å². The van der Waals surface area contributed by atoms with Crippen molar-refractivity contribution in [2.45, 2.75) is 71.1 Å². The number of carbonyl (C=O) groups is 1. The Morgan fingerprint density at radius 2 is 1.33 bits per heavy atom. The summed E-state index contributed by atoms with van der Waals surface area (Å²) in [6, 6.07) is 0. The van der Waals surface area contributed by atoms with E-state index in [4.69, 9.17) is 9.66 Å². The van der Waals surface area contributed by atoms with Gasteiger partial charge in [-0.3, -0.25) is 9.35 Å². The van der Waals surface area contributed by atoms with Gasteiger partial charge in [0.1, 0.15) is 0 Å². The van der Waals surface area contributed by atoms with Gasteiger partial charge in [0, 0.05) is 0 Å². The molecule has 0 unspecified atom stereocenters. The first kappa shape index (κ1) is 26.9. The molecule has 0 aliphatic heterocycles. The zero-order chi connectivity index (χ0) is 15.9. The summed E-state index contributed by atoms with van der Waals surface area (Å²) in [4.78, 5) is 9.48. The molecule has 0 bridgehead atoms. The Hall–Kier alpha value is 1.02. The molecule has 0 aromatic carbocycles. The van der Waals surface area contributed by atoms with Gasteiger partial charge < -0.3 is 12.0 Å². The van der Waals surface area contributed by atoms with Crippen molar-refractivity contribution in [3.8, 4) is 0 Å². The van der Waals surface area contributed by atoms with Gasteiger partial charge in [-0.05, 0) is 0 Å². The van der Waals surface area contributed by atoms with E-state index in [1.54, 1.807) is 0 Å². The Labute approximate surface area is 172 Å². The third-order valence-corrected chi connectivity index (χ3v) is 3.27. The maximum absolute atomic E-state index is 9.62. The average molecular weight is 349 g/mol. The van der Waals surface area contributed by atoms with E-state index in [1.807, 2.05) is 0 Å². The van der Waals surface area contributed by atoms with E-state index in [0.29, 0.717) is 0 Å². The first-order chi connectivity index (χ1) is 9.33. The van der Waals surface area contributed by atoms with Crippen LogP contribution >= 0.6 is 0 Å². The number of carboxylic acid groups (broad SMARTS) is 1. The van der Waals surface area contributed by atoms with Gasteiger partial charge in [-0.1, -0.05) is 64.7 Å². The molecular formula is C14H29KO5S. The molecule has 21 heavy (non-hydrogen) atoms. The summed E-state index contributed by atoms with van der Waals surface area (Å²) in [5, 5.41) is 7.71. The van der Waals surface area contributed by atoms with Crippen LogP contribution in [-0.2, 0) is 14.9 Å². The number of aliphatic carboxylic acids is 1.